The third-order valence-corrected chi connectivity index (χ3v) is 4.30. The van der Waals surface area contributed by atoms with Crippen LogP contribution in [0.1, 0.15) is 86.5 Å². The fourth-order valence-electron chi connectivity index (χ4n) is 2.69. The summed E-state index contributed by atoms with van der Waals surface area (Å²) in [5, 5.41) is 9.70. The molecule has 1 heterocycles. The second kappa shape index (κ2) is 23.4. The van der Waals surface area contributed by atoms with E-state index >= 15 is 0 Å². The van der Waals surface area contributed by atoms with Gasteiger partial charge in [-0.3, -0.25) is 4.79 Å². The van der Waals surface area contributed by atoms with Crippen molar-refractivity contribution in [2.24, 2.45) is 5.92 Å². The van der Waals surface area contributed by atoms with E-state index in [1.165, 1.54) is 0 Å². The lowest BCUT2D eigenvalue weighted by atomic mass is 9.98. The van der Waals surface area contributed by atoms with Gasteiger partial charge in [-0.15, -0.1) is 0 Å². The van der Waals surface area contributed by atoms with E-state index in [4.69, 9.17) is 4.74 Å². The smallest absolute Gasteiger partial charge is 0.306 e. The van der Waals surface area contributed by atoms with Crippen molar-refractivity contribution >= 4 is 5.97 Å². The van der Waals surface area contributed by atoms with Gasteiger partial charge < -0.3 is 9.84 Å². The summed E-state index contributed by atoms with van der Waals surface area (Å²) in [5.41, 5.74) is 0. The Hall–Kier alpha value is -1.87. The highest BCUT2D eigenvalue weighted by Crippen LogP contribution is 2.23. The van der Waals surface area contributed by atoms with Gasteiger partial charge in [-0.2, -0.15) is 0 Å². The van der Waals surface area contributed by atoms with Crippen molar-refractivity contribution in [3.63, 3.8) is 0 Å². The number of rotatable bonds is 12. The first-order valence-corrected chi connectivity index (χ1v) is 11.8. The molecule has 1 N–H and O–H groups in total. The molecule has 0 aliphatic carbocycles. The summed E-state index contributed by atoms with van der Waals surface area (Å²) in [6.45, 7) is 12.2. The Morgan fingerprint density at radius 1 is 0.933 bits per heavy atom. The predicted octanol–water partition coefficient (Wildman–Crippen LogP) is 7.49. The minimum Gasteiger partial charge on any atom is -0.462 e. The van der Waals surface area contributed by atoms with Crippen LogP contribution in [0.2, 0.25) is 0 Å². The summed E-state index contributed by atoms with van der Waals surface area (Å²) in [6, 6.07) is 0. The van der Waals surface area contributed by atoms with E-state index in [1.54, 1.807) is 0 Å². The average Bonchev–Trinajstić information content (AvgIpc) is 3.21. The fourth-order valence-corrected chi connectivity index (χ4v) is 2.69. The molecule has 3 nitrogen and oxygen atoms in total. The van der Waals surface area contributed by atoms with Gasteiger partial charge in [-0.1, -0.05) is 102 Å². The number of carbonyl (C=O) groups is 1. The largest absolute Gasteiger partial charge is 0.462 e. The number of aliphatic hydroxyl groups is 1. The summed E-state index contributed by atoms with van der Waals surface area (Å²) in [6.07, 6.45) is 26.0. The maximum Gasteiger partial charge on any atom is 0.306 e. The molecule has 0 saturated carbocycles. The molecule has 0 radical (unpaired) electrons. The lowest BCUT2D eigenvalue weighted by Gasteiger charge is -2.15. The number of hydrogen-bond acceptors (Lipinski definition) is 3. The van der Waals surface area contributed by atoms with Gasteiger partial charge in [-0.05, 0) is 44.4 Å². The first kappa shape index (κ1) is 30.3. The number of aliphatic hydroxyl groups excluding tert-OH is 1. The van der Waals surface area contributed by atoms with Crippen LogP contribution in [0, 0.1) is 5.92 Å². The molecule has 2 unspecified atom stereocenters. The van der Waals surface area contributed by atoms with Crippen molar-refractivity contribution in [2.75, 3.05) is 0 Å². The van der Waals surface area contributed by atoms with Gasteiger partial charge in [0.15, 0.2) is 0 Å². The van der Waals surface area contributed by atoms with Crippen LogP contribution in [0.15, 0.2) is 60.8 Å². The van der Waals surface area contributed by atoms with E-state index in [1.807, 2.05) is 52.0 Å². The van der Waals surface area contributed by atoms with E-state index in [2.05, 4.69) is 50.3 Å². The van der Waals surface area contributed by atoms with Gasteiger partial charge in [0.2, 0.25) is 0 Å². The van der Waals surface area contributed by atoms with Gasteiger partial charge in [-0.25, -0.2) is 0 Å². The van der Waals surface area contributed by atoms with E-state index in [-0.39, 0.29) is 12.1 Å². The highest BCUT2D eigenvalue weighted by atomic mass is 16.5. The first-order chi connectivity index (χ1) is 14.6. The SMILES string of the molecule is CC.CC.CC/C=C\C[C@H](O)/C=C/C=C\C/C=C\C/C=C\CC(C)C1CCC(=O)O1. The second-order valence-electron chi connectivity index (χ2n) is 6.69. The second-order valence-corrected chi connectivity index (χ2v) is 6.69. The van der Waals surface area contributed by atoms with Crippen LogP contribution in [0.5, 0.6) is 0 Å². The molecule has 0 aromatic carbocycles. The summed E-state index contributed by atoms with van der Waals surface area (Å²) in [7, 11) is 0. The number of hydrogen-bond donors (Lipinski definition) is 1. The molecule has 1 aliphatic heterocycles. The zero-order valence-corrected chi connectivity index (χ0v) is 20.2. The van der Waals surface area contributed by atoms with E-state index in [0.29, 0.717) is 18.8 Å². The number of carbonyl (C=O) groups excluding carboxylic acids is 1. The van der Waals surface area contributed by atoms with Crippen molar-refractivity contribution in [1.29, 1.82) is 0 Å². The van der Waals surface area contributed by atoms with Gasteiger partial charge in [0.25, 0.3) is 0 Å². The Labute approximate surface area is 186 Å². The predicted molar refractivity (Wildman–Crippen MR) is 131 cm³/mol. The molecule has 30 heavy (non-hydrogen) atoms. The molecule has 1 fully saturated rings. The van der Waals surface area contributed by atoms with Gasteiger partial charge >= 0.3 is 5.97 Å². The lowest BCUT2D eigenvalue weighted by Crippen LogP contribution is -2.16. The van der Waals surface area contributed by atoms with Crippen molar-refractivity contribution in [1.82, 2.24) is 0 Å². The minimum atomic E-state index is -0.404. The first-order valence-electron chi connectivity index (χ1n) is 11.8. The minimum absolute atomic E-state index is 0.0560. The third kappa shape index (κ3) is 18.2. The van der Waals surface area contributed by atoms with Crippen molar-refractivity contribution in [3.05, 3.63) is 60.8 Å². The molecule has 3 atom stereocenters. The van der Waals surface area contributed by atoms with Crippen LogP contribution in [-0.4, -0.2) is 23.3 Å². The fraction of sp³-hybridized carbons (Fsp3) is 0.593. The topological polar surface area (TPSA) is 46.5 Å². The Morgan fingerprint density at radius 2 is 1.53 bits per heavy atom. The van der Waals surface area contributed by atoms with E-state index in [0.717, 1.165) is 32.1 Å². The molecule has 0 amide bonds. The number of ether oxygens (including phenoxy) is 1. The summed E-state index contributed by atoms with van der Waals surface area (Å²) in [4.78, 5) is 11.1. The van der Waals surface area contributed by atoms with E-state index in [9.17, 15) is 9.90 Å². The van der Waals surface area contributed by atoms with Crippen LogP contribution in [0.3, 0.4) is 0 Å². The van der Waals surface area contributed by atoms with Crippen molar-refractivity contribution in [2.45, 2.75) is 98.7 Å². The Morgan fingerprint density at radius 3 is 2.13 bits per heavy atom. The Balaban J connectivity index is 0. The Bertz CT molecular complexity index is 526. The number of allylic oxidation sites excluding steroid dienone is 8. The standard InChI is InChI=1S/C23H34O3.2C2H6/c1-3-4-12-16-21(24)17-14-11-9-7-5-6-8-10-13-15-20(2)22-18-19-23(25)26-22;2*1-2/h4-6,9-14,17,20-22,24H,3,7-8,15-16,18-19H2,1-2H3;2*1-2H3/b6-5-,11-9-,12-4-,13-10-,17-14+;;/t20?,21-,22?;;/m0../s1. The van der Waals surface area contributed by atoms with Crippen LogP contribution < -0.4 is 0 Å². The molecular weight excluding hydrogens is 372 g/mol. The number of esters is 1. The van der Waals surface area contributed by atoms with Gasteiger partial charge in [0.1, 0.15) is 6.10 Å². The van der Waals surface area contributed by atoms with Gasteiger partial charge in [0, 0.05) is 6.42 Å². The highest BCUT2D eigenvalue weighted by molar-refractivity contribution is 5.71. The van der Waals surface area contributed by atoms with Crippen LogP contribution >= 0.6 is 0 Å². The highest BCUT2D eigenvalue weighted by Gasteiger charge is 2.27. The molecule has 0 aromatic heterocycles. The normalized spacial score (nSPS) is 18.6. The molecule has 0 spiro atoms. The molecule has 1 saturated heterocycles. The molecular formula is C27H46O3. The molecule has 0 aromatic rings. The summed E-state index contributed by atoms with van der Waals surface area (Å²) in [5.74, 6) is 0.337. The monoisotopic (exact) mass is 418 g/mol. The van der Waals surface area contributed by atoms with Crippen molar-refractivity contribution < 1.29 is 14.6 Å². The average molecular weight is 419 g/mol. The van der Waals surface area contributed by atoms with Crippen LogP contribution in [0.4, 0.5) is 0 Å². The lowest BCUT2D eigenvalue weighted by molar-refractivity contribution is -0.142. The molecule has 1 rings (SSSR count). The molecule has 0 bridgehead atoms. The Kier molecular flexibility index (Phi) is 23.7. The molecule has 3 heteroatoms. The van der Waals surface area contributed by atoms with Crippen LogP contribution in [-0.2, 0) is 9.53 Å². The zero-order valence-electron chi connectivity index (χ0n) is 20.2. The van der Waals surface area contributed by atoms with Gasteiger partial charge in [0.05, 0.1) is 6.10 Å². The van der Waals surface area contributed by atoms with Crippen LogP contribution in [0.25, 0.3) is 0 Å². The maximum absolute atomic E-state index is 11.1. The quantitative estimate of drug-likeness (QED) is 0.203. The van der Waals surface area contributed by atoms with E-state index < -0.39 is 6.10 Å². The third-order valence-electron chi connectivity index (χ3n) is 4.30. The summed E-state index contributed by atoms with van der Waals surface area (Å²) < 4.78 is 5.29. The summed E-state index contributed by atoms with van der Waals surface area (Å²) >= 11 is 0. The van der Waals surface area contributed by atoms with Crippen molar-refractivity contribution in [3.8, 4) is 0 Å². The number of cyclic esters (lactones) is 1. The molecule has 1 aliphatic rings. The zero-order chi connectivity index (χ0) is 23.0. The molecule has 172 valence electrons. The maximum atomic E-state index is 11.1.